The molecule has 0 saturated heterocycles. The van der Waals surface area contributed by atoms with Crippen LogP contribution >= 0.6 is 7.68 Å². The van der Waals surface area contributed by atoms with Crippen molar-refractivity contribution in [2.45, 2.75) is 39.2 Å². The first-order valence-electron chi connectivity index (χ1n) is 4.50. The minimum absolute atomic E-state index is 0.00210. The van der Waals surface area contributed by atoms with Gasteiger partial charge in [-0.2, -0.15) is 4.20 Å². The molecule has 1 aliphatic rings. The van der Waals surface area contributed by atoms with Gasteiger partial charge in [-0.25, -0.2) is 0 Å². The van der Waals surface area contributed by atoms with Gasteiger partial charge in [-0.3, -0.25) is 4.57 Å². The fourth-order valence-corrected chi connectivity index (χ4v) is 2.33. The van der Waals surface area contributed by atoms with E-state index in [9.17, 15) is 8.76 Å². The van der Waals surface area contributed by atoms with E-state index in [0.29, 0.717) is 5.92 Å². The van der Waals surface area contributed by atoms with Crippen LogP contribution in [-0.4, -0.2) is 12.3 Å². The Labute approximate surface area is 73.1 Å². The topological polar surface area (TPSA) is 26.3 Å². The second-order valence-electron chi connectivity index (χ2n) is 3.55. The lowest BCUT2D eigenvalue weighted by Crippen LogP contribution is -2.05. The number of hydrogen-bond acceptors (Lipinski definition) is 2. The summed E-state index contributed by atoms with van der Waals surface area (Å²) in [6, 6.07) is 0. The summed E-state index contributed by atoms with van der Waals surface area (Å²) >= 11 is 0. The quantitative estimate of drug-likeness (QED) is 0.644. The average Bonchev–Trinajstić information content (AvgIpc) is 2.35. The van der Waals surface area contributed by atoms with Gasteiger partial charge in [0.1, 0.15) is 0 Å². The minimum atomic E-state index is -3.75. The van der Waals surface area contributed by atoms with Crippen LogP contribution in [0.3, 0.4) is 0 Å². The Morgan fingerprint density at radius 2 is 2.25 bits per heavy atom. The van der Waals surface area contributed by atoms with Crippen LogP contribution < -0.4 is 0 Å². The molecule has 0 bridgehead atoms. The molecule has 2 nitrogen and oxygen atoms in total. The zero-order chi connectivity index (χ0) is 9.19. The van der Waals surface area contributed by atoms with Crippen molar-refractivity contribution in [2.75, 3.05) is 6.16 Å². The van der Waals surface area contributed by atoms with E-state index in [1.807, 2.05) is 0 Å². The Bertz CT molecular complexity index is 195. The molecule has 1 aliphatic carbocycles. The van der Waals surface area contributed by atoms with Gasteiger partial charge in [0.25, 0.3) is 0 Å². The third-order valence-corrected chi connectivity index (χ3v) is 3.70. The maximum Gasteiger partial charge on any atom is 0.367 e. The summed E-state index contributed by atoms with van der Waals surface area (Å²) in [4.78, 5) is 0. The van der Waals surface area contributed by atoms with Crippen LogP contribution in [0.1, 0.15) is 33.1 Å². The zero-order valence-electron chi connectivity index (χ0n) is 7.62. The van der Waals surface area contributed by atoms with E-state index in [2.05, 4.69) is 6.92 Å². The summed E-state index contributed by atoms with van der Waals surface area (Å²) in [6.07, 6.45) is 2.67. The molecule has 0 aromatic heterocycles. The van der Waals surface area contributed by atoms with Crippen molar-refractivity contribution in [1.29, 1.82) is 0 Å². The molecular weight excluding hydrogens is 178 g/mol. The van der Waals surface area contributed by atoms with Gasteiger partial charge in [0, 0.05) is 0 Å². The predicted octanol–water partition coefficient (Wildman–Crippen LogP) is 3.37. The fraction of sp³-hybridized carbons (Fsp3) is 1.00. The first-order chi connectivity index (χ1) is 5.53. The lowest BCUT2D eigenvalue weighted by molar-refractivity contribution is 0.192. The fourth-order valence-electron chi connectivity index (χ4n) is 1.55. The Morgan fingerprint density at radius 1 is 1.58 bits per heavy atom. The van der Waals surface area contributed by atoms with Crippen molar-refractivity contribution in [3.8, 4) is 0 Å². The average molecular weight is 194 g/mol. The zero-order valence-corrected chi connectivity index (χ0v) is 8.52. The van der Waals surface area contributed by atoms with Crippen LogP contribution in [0.2, 0.25) is 0 Å². The van der Waals surface area contributed by atoms with E-state index in [-0.39, 0.29) is 12.3 Å². The molecule has 0 heterocycles. The molecule has 1 rings (SSSR count). The summed E-state index contributed by atoms with van der Waals surface area (Å²) < 4.78 is 28.8. The molecule has 1 fully saturated rings. The van der Waals surface area contributed by atoms with Gasteiger partial charge < -0.3 is 4.52 Å². The number of rotatable bonds is 3. The molecule has 0 amide bonds. The van der Waals surface area contributed by atoms with Crippen molar-refractivity contribution in [1.82, 2.24) is 0 Å². The molecule has 3 atom stereocenters. The third kappa shape index (κ3) is 2.87. The first kappa shape index (κ1) is 10.2. The van der Waals surface area contributed by atoms with Crippen molar-refractivity contribution < 1.29 is 13.3 Å². The SMILES string of the molecule is CCP(=O)(F)OC1CCC(C)C1. The third-order valence-electron chi connectivity index (χ3n) is 2.33. The van der Waals surface area contributed by atoms with Crippen LogP contribution in [-0.2, 0) is 9.09 Å². The highest BCUT2D eigenvalue weighted by atomic mass is 31.2. The van der Waals surface area contributed by atoms with E-state index in [0.717, 1.165) is 19.3 Å². The highest BCUT2D eigenvalue weighted by Gasteiger charge is 2.29. The largest absolute Gasteiger partial charge is 0.367 e. The maximum absolute atomic E-state index is 12.9. The molecule has 0 radical (unpaired) electrons. The van der Waals surface area contributed by atoms with Crippen LogP contribution in [0.5, 0.6) is 0 Å². The lowest BCUT2D eigenvalue weighted by atomic mass is 10.1. The van der Waals surface area contributed by atoms with Gasteiger partial charge >= 0.3 is 7.68 Å². The Hall–Kier alpha value is 0.120. The van der Waals surface area contributed by atoms with Crippen LogP contribution in [0.4, 0.5) is 4.20 Å². The summed E-state index contributed by atoms with van der Waals surface area (Å²) in [6.45, 7) is 3.66. The number of hydrogen-bond donors (Lipinski definition) is 0. The molecular formula is C8H16FO2P. The van der Waals surface area contributed by atoms with Gasteiger partial charge in [-0.05, 0) is 25.2 Å². The molecule has 0 aliphatic heterocycles. The molecule has 0 N–H and O–H groups in total. The molecule has 3 unspecified atom stereocenters. The minimum Gasteiger partial charge on any atom is -0.302 e. The Morgan fingerprint density at radius 3 is 2.67 bits per heavy atom. The predicted molar refractivity (Wildman–Crippen MR) is 47.1 cm³/mol. The van der Waals surface area contributed by atoms with Crippen LogP contribution in [0, 0.1) is 5.92 Å². The van der Waals surface area contributed by atoms with Gasteiger partial charge in [-0.1, -0.05) is 13.8 Å². The van der Waals surface area contributed by atoms with Crippen molar-refractivity contribution in [3.05, 3.63) is 0 Å². The molecule has 12 heavy (non-hydrogen) atoms. The normalized spacial score (nSPS) is 34.9. The second-order valence-corrected chi connectivity index (χ2v) is 5.58. The van der Waals surface area contributed by atoms with Gasteiger partial charge in [-0.15, -0.1) is 0 Å². The molecule has 1 saturated carbocycles. The molecule has 0 aromatic rings. The van der Waals surface area contributed by atoms with E-state index in [1.54, 1.807) is 6.92 Å². The van der Waals surface area contributed by atoms with Gasteiger partial charge in [0.15, 0.2) is 0 Å². The summed E-state index contributed by atoms with van der Waals surface area (Å²) in [5, 5.41) is 0. The second kappa shape index (κ2) is 3.89. The molecule has 72 valence electrons. The standard InChI is InChI=1S/C8H16FO2P/c1-3-12(9,10)11-8-5-4-7(2)6-8/h7-8H,3-6H2,1-2H3. The van der Waals surface area contributed by atoms with Gasteiger partial charge in [0.2, 0.25) is 0 Å². The van der Waals surface area contributed by atoms with Gasteiger partial charge in [0.05, 0.1) is 12.3 Å². The summed E-state index contributed by atoms with van der Waals surface area (Å²) in [7, 11) is -3.75. The first-order valence-corrected chi connectivity index (χ1v) is 6.20. The molecule has 0 aromatic carbocycles. The Kier molecular flexibility index (Phi) is 3.30. The maximum atomic E-state index is 12.9. The number of halogens is 1. The van der Waals surface area contributed by atoms with E-state index >= 15 is 0 Å². The van der Waals surface area contributed by atoms with Crippen molar-refractivity contribution in [2.24, 2.45) is 5.92 Å². The lowest BCUT2D eigenvalue weighted by Gasteiger charge is -2.13. The molecule has 0 spiro atoms. The van der Waals surface area contributed by atoms with Crippen molar-refractivity contribution >= 4 is 7.68 Å². The highest BCUT2D eigenvalue weighted by Crippen LogP contribution is 2.51. The smallest absolute Gasteiger partial charge is 0.302 e. The Balaban J connectivity index is 2.37. The van der Waals surface area contributed by atoms with Crippen LogP contribution in [0.15, 0.2) is 0 Å². The summed E-state index contributed by atoms with van der Waals surface area (Å²) in [5.41, 5.74) is 0. The summed E-state index contributed by atoms with van der Waals surface area (Å²) in [5.74, 6) is 0.590. The monoisotopic (exact) mass is 194 g/mol. The van der Waals surface area contributed by atoms with E-state index in [4.69, 9.17) is 4.52 Å². The van der Waals surface area contributed by atoms with E-state index in [1.165, 1.54) is 0 Å². The highest BCUT2D eigenvalue weighted by molar-refractivity contribution is 7.53. The van der Waals surface area contributed by atoms with Crippen molar-refractivity contribution in [3.63, 3.8) is 0 Å². The molecule has 4 heteroatoms. The van der Waals surface area contributed by atoms with E-state index < -0.39 is 7.68 Å². The van der Waals surface area contributed by atoms with Crippen LogP contribution in [0.25, 0.3) is 0 Å².